The van der Waals surface area contributed by atoms with E-state index < -0.39 is 0 Å². The highest BCUT2D eigenvalue weighted by atomic mass is 16.5. The Morgan fingerprint density at radius 2 is 1.48 bits per heavy atom. The SMILES string of the molecule is COC1CCC(=O)C(=Cc2ccccc2)C1=Cc1ccccc1. The Bertz CT molecular complexity index is 727. The molecule has 1 aliphatic rings. The standard InChI is InChI=1S/C21H20O2/c1-23-21-13-12-20(22)18(14-16-8-4-2-5-9-16)19(21)15-17-10-6-3-7-11-17/h2-11,14-15,21H,12-13H2,1H3. The molecular formula is C21H20O2. The molecule has 116 valence electrons. The van der Waals surface area contributed by atoms with Crippen molar-refractivity contribution in [2.75, 3.05) is 7.11 Å². The monoisotopic (exact) mass is 304 g/mol. The number of benzene rings is 2. The summed E-state index contributed by atoms with van der Waals surface area (Å²) in [4.78, 5) is 12.5. The van der Waals surface area contributed by atoms with E-state index >= 15 is 0 Å². The predicted molar refractivity (Wildman–Crippen MR) is 93.9 cm³/mol. The maximum Gasteiger partial charge on any atom is 0.163 e. The van der Waals surface area contributed by atoms with Crippen LogP contribution in [0.5, 0.6) is 0 Å². The Balaban J connectivity index is 2.07. The van der Waals surface area contributed by atoms with Crippen LogP contribution in [-0.4, -0.2) is 19.0 Å². The van der Waals surface area contributed by atoms with Gasteiger partial charge in [-0.1, -0.05) is 60.7 Å². The second kappa shape index (κ2) is 7.21. The summed E-state index contributed by atoms with van der Waals surface area (Å²) >= 11 is 0. The fraction of sp³-hybridized carbons (Fsp3) is 0.190. The molecule has 0 radical (unpaired) electrons. The Kier molecular flexibility index (Phi) is 4.84. The molecular weight excluding hydrogens is 284 g/mol. The van der Waals surface area contributed by atoms with Crippen LogP contribution in [0, 0.1) is 0 Å². The summed E-state index contributed by atoms with van der Waals surface area (Å²) in [5.74, 6) is 0.185. The van der Waals surface area contributed by atoms with E-state index in [1.165, 1.54) is 0 Å². The van der Waals surface area contributed by atoms with Gasteiger partial charge < -0.3 is 4.74 Å². The third-order valence-corrected chi connectivity index (χ3v) is 4.11. The second-order valence-corrected chi connectivity index (χ2v) is 5.67. The Morgan fingerprint density at radius 1 is 0.913 bits per heavy atom. The first-order valence-electron chi connectivity index (χ1n) is 7.87. The lowest BCUT2D eigenvalue weighted by molar-refractivity contribution is -0.116. The lowest BCUT2D eigenvalue weighted by Crippen LogP contribution is -2.25. The zero-order chi connectivity index (χ0) is 16.1. The average Bonchev–Trinajstić information content (AvgIpc) is 2.60. The number of ether oxygens (including phenoxy) is 1. The largest absolute Gasteiger partial charge is 0.377 e. The number of carbonyl (C=O) groups excluding carboxylic acids is 1. The van der Waals surface area contributed by atoms with E-state index in [2.05, 4.69) is 6.08 Å². The van der Waals surface area contributed by atoms with Gasteiger partial charge in [0, 0.05) is 19.1 Å². The number of carbonyl (C=O) groups is 1. The molecule has 0 aromatic heterocycles. The third-order valence-electron chi connectivity index (χ3n) is 4.11. The van der Waals surface area contributed by atoms with E-state index in [4.69, 9.17) is 4.74 Å². The van der Waals surface area contributed by atoms with Crippen LogP contribution in [-0.2, 0) is 9.53 Å². The van der Waals surface area contributed by atoms with Gasteiger partial charge in [0.2, 0.25) is 0 Å². The van der Waals surface area contributed by atoms with Crippen LogP contribution in [0.2, 0.25) is 0 Å². The van der Waals surface area contributed by atoms with Crippen molar-refractivity contribution in [2.24, 2.45) is 0 Å². The minimum atomic E-state index is -0.0390. The number of rotatable bonds is 3. The fourth-order valence-corrected chi connectivity index (χ4v) is 2.91. The highest BCUT2D eigenvalue weighted by Crippen LogP contribution is 2.31. The minimum Gasteiger partial charge on any atom is -0.377 e. The second-order valence-electron chi connectivity index (χ2n) is 5.67. The molecule has 1 saturated carbocycles. The number of ketones is 1. The summed E-state index contributed by atoms with van der Waals surface area (Å²) in [6, 6.07) is 20.0. The predicted octanol–water partition coefficient (Wildman–Crippen LogP) is 4.53. The van der Waals surface area contributed by atoms with Crippen molar-refractivity contribution in [2.45, 2.75) is 18.9 Å². The molecule has 2 aromatic rings. The van der Waals surface area contributed by atoms with Gasteiger partial charge >= 0.3 is 0 Å². The van der Waals surface area contributed by atoms with Crippen molar-refractivity contribution >= 4 is 17.9 Å². The molecule has 0 amide bonds. The van der Waals surface area contributed by atoms with E-state index in [0.717, 1.165) is 28.7 Å². The van der Waals surface area contributed by atoms with Crippen molar-refractivity contribution in [3.63, 3.8) is 0 Å². The van der Waals surface area contributed by atoms with Crippen LogP contribution >= 0.6 is 0 Å². The molecule has 0 spiro atoms. The summed E-state index contributed by atoms with van der Waals surface area (Å²) < 4.78 is 5.63. The van der Waals surface area contributed by atoms with Crippen LogP contribution in [0.3, 0.4) is 0 Å². The van der Waals surface area contributed by atoms with Gasteiger partial charge in [-0.15, -0.1) is 0 Å². The van der Waals surface area contributed by atoms with Gasteiger partial charge in [0.1, 0.15) is 0 Å². The molecule has 3 rings (SSSR count). The van der Waals surface area contributed by atoms with Gasteiger partial charge in [0.05, 0.1) is 6.10 Å². The fourth-order valence-electron chi connectivity index (χ4n) is 2.91. The number of Topliss-reactive ketones (excluding diaryl/α,β-unsaturated/α-hetero) is 1. The number of methoxy groups -OCH3 is 1. The normalized spacial score (nSPS) is 21.8. The van der Waals surface area contributed by atoms with Crippen molar-refractivity contribution in [3.05, 3.63) is 82.9 Å². The first kappa shape index (κ1) is 15.4. The van der Waals surface area contributed by atoms with Gasteiger partial charge in [0.15, 0.2) is 5.78 Å². The maximum absolute atomic E-state index is 12.5. The molecule has 1 aliphatic carbocycles. The minimum absolute atomic E-state index is 0.0390. The van der Waals surface area contributed by atoms with E-state index in [1.54, 1.807) is 7.11 Å². The molecule has 1 fully saturated rings. The molecule has 2 aromatic carbocycles. The van der Waals surface area contributed by atoms with E-state index in [0.29, 0.717) is 6.42 Å². The number of hydrogen-bond donors (Lipinski definition) is 0. The molecule has 0 saturated heterocycles. The zero-order valence-electron chi connectivity index (χ0n) is 13.2. The first-order valence-corrected chi connectivity index (χ1v) is 7.87. The van der Waals surface area contributed by atoms with E-state index in [1.807, 2.05) is 66.7 Å². The molecule has 0 bridgehead atoms. The zero-order valence-corrected chi connectivity index (χ0v) is 13.2. The Morgan fingerprint density at radius 3 is 2.04 bits per heavy atom. The average molecular weight is 304 g/mol. The molecule has 0 N–H and O–H groups in total. The van der Waals surface area contributed by atoms with Crippen molar-refractivity contribution in [1.29, 1.82) is 0 Å². The molecule has 1 atom stereocenters. The van der Waals surface area contributed by atoms with Crippen LogP contribution in [0.15, 0.2) is 71.8 Å². The molecule has 2 heteroatoms. The van der Waals surface area contributed by atoms with Crippen LogP contribution in [0.4, 0.5) is 0 Å². The highest BCUT2D eigenvalue weighted by Gasteiger charge is 2.28. The summed E-state index contributed by atoms with van der Waals surface area (Å²) in [6.07, 6.45) is 5.27. The molecule has 23 heavy (non-hydrogen) atoms. The van der Waals surface area contributed by atoms with E-state index in [9.17, 15) is 4.79 Å². The van der Waals surface area contributed by atoms with Crippen LogP contribution in [0.1, 0.15) is 24.0 Å². The van der Waals surface area contributed by atoms with Crippen molar-refractivity contribution < 1.29 is 9.53 Å². The lowest BCUT2D eigenvalue weighted by Gasteiger charge is -2.26. The van der Waals surface area contributed by atoms with Crippen molar-refractivity contribution in [3.8, 4) is 0 Å². The van der Waals surface area contributed by atoms with Gasteiger partial charge in [-0.05, 0) is 35.3 Å². The molecule has 1 unspecified atom stereocenters. The van der Waals surface area contributed by atoms with Crippen molar-refractivity contribution in [1.82, 2.24) is 0 Å². The summed E-state index contributed by atoms with van der Waals surface area (Å²) in [6.45, 7) is 0. The molecule has 0 aliphatic heterocycles. The van der Waals surface area contributed by atoms with Crippen LogP contribution < -0.4 is 0 Å². The summed E-state index contributed by atoms with van der Waals surface area (Å²) in [5, 5.41) is 0. The Labute approximate surface area is 137 Å². The van der Waals surface area contributed by atoms with Gasteiger partial charge in [-0.25, -0.2) is 0 Å². The van der Waals surface area contributed by atoms with Crippen LogP contribution in [0.25, 0.3) is 12.2 Å². The third kappa shape index (κ3) is 3.66. The van der Waals surface area contributed by atoms with Gasteiger partial charge in [-0.3, -0.25) is 4.79 Å². The van der Waals surface area contributed by atoms with E-state index in [-0.39, 0.29) is 11.9 Å². The van der Waals surface area contributed by atoms with Gasteiger partial charge in [0.25, 0.3) is 0 Å². The topological polar surface area (TPSA) is 26.3 Å². The number of hydrogen-bond acceptors (Lipinski definition) is 2. The molecule has 0 heterocycles. The highest BCUT2D eigenvalue weighted by molar-refractivity contribution is 6.06. The summed E-state index contributed by atoms with van der Waals surface area (Å²) in [7, 11) is 1.71. The smallest absolute Gasteiger partial charge is 0.163 e. The first-order chi connectivity index (χ1) is 11.3. The molecule has 2 nitrogen and oxygen atoms in total. The van der Waals surface area contributed by atoms with Gasteiger partial charge in [-0.2, -0.15) is 0 Å². The summed E-state index contributed by atoms with van der Waals surface area (Å²) in [5.41, 5.74) is 3.85. The Hall–Kier alpha value is -2.45. The maximum atomic E-state index is 12.5. The lowest BCUT2D eigenvalue weighted by atomic mass is 9.84. The quantitative estimate of drug-likeness (QED) is 0.779.